The van der Waals surface area contributed by atoms with E-state index in [4.69, 9.17) is 10.2 Å². The number of carboxylic acids is 1. The van der Waals surface area contributed by atoms with Gasteiger partial charge in [0.1, 0.15) is 5.52 Å². The molecule has 0 unspecified atom stereocenters. The Balaban J connectivity index is 0.000000160. The molecule has 2 heterocycles. The molecule has 3 rings (SSSR count). The van der Waals surface area contributed by atoms with Gasteiger partial charge in [0.05, 0.1) is 23.5 Å². The Bertz CT molecular complexity index is 735. The molecule has 1 aromatic carbocycles. The fourth-order valence-electron chi connectivity index (χ4n) is 1.28. The summed E-state index contributed by atoms with van der Waals surface area (Å²) < 4.78 is 0.722. The predicted molar refractivity (Wildman–Crippen MR) is 64.3 cm³/mol. The van der Waals surface area contributed by atoms with Gasteiger partial charge in [0.15, 0.2) is 0 Å². The van der Waals surface area contributed by atoms with Crippen LogP contribution in [-0.4, -0.2) is 52.7 Å². The minimum atomic E-state index is -1.12. The van der Waals surface area contributed by atoms with Crippen molar-refractivity contribution in [1.29, 1.82) is 0 Å². The number of benzene rings is 1. The summed E-state index contributed by atoms with van der Waals surface area (Å²) in [5, 5.41) is 33.1. The first-order chi connectivity index (χ1) is 9.58. The van der Waals surface area contributed by atoms with Crippen LogP contribution in [0.4, 0.5) is 4.79 Å². The molecule has 0 fully saturated rings. The maximum Gasteiger partial charge on any atom is 0.433 e. The molecule has 20 heavy (non-hydrogen) atoms. The summed E-state index contributed by atoms with van der Waals surface area (Å²) in [6, 6.07) is 4.62. The Labute approximate surface area is 110 Å². The molecule has 0 amide bonds. The van der Waals surface area contributed by atoms with Crippen LogP contribution >= 0.6 is 0 Å². The second-order valence-corrected chi connectivity index (χ2v) is 3.48. The van der Waals surface area contributed by atoms with E-state index in [-0.39, 0.29) is 5.56 Å². The van der Waals surface area contributed by atoms with Crippen LogP contribution in [0.25, 0.3) is 11.0 Å². The van der Waals surface area contributed by atoms with E-state index < -0.39 is 12.1 Å². The third kappa shape index (κ3) is 2.93. The monoisotopic (exact) mass is 276 g/mol. The molecule has 0 aliphatic carbocycles. The number of carboxylic acid groups (broad SMARTS) is 2. The van der Waals surface area contributed by atoms with Crippen LogP contribution in [0.1, 0.15) is 10.4 Å². The van der Waals surface area contributed by atoms with Crippen LogP contribution in [0.2, 0.25) is 0 Å². The Morgan fingerprint density at radius 2 is 2.05 bits per heavy atom. The van der Waals surface area contributed by atoms with Gasteiger partial charge >= 0.3 is 12.1 Å². The maximum absolute atomic E-state index is 10.5. The molecule has 0 saturated carbocycles. The Hall–Kier alpha value is -3.30. The van der Waals surface area contributed by atoms with E-state index in [9.17, 15) is 9.59 Å². The van der Waals surface area contributed by atoms with Crippen molar-refractivity contribution in [2.75, 3.05) is 0 Å². The summed E-state index contributed by atoms with van der Waals surface area (Å²) in [4.78, 5) is 20.4. The highest BCUT2D eigenvalue weighted by atomic mass is 16.4. The molecular formula is C10H8N6O4. The van der Waals surface area contributed by atoms with E-state index >= 15 is 0 Å². The second kappa shape index (κ2) is 5.56. The van der Waals surface area contributed by atoms with Gasteiger partial charge in [-0.2, -0.15) is 4.68 Å². The first kappa shape index (κ1) is 13.1. The normalized spacial score (nSPS) is 9.80. The zero-order valence-corrected chi connectivity index (χ0v) is 9.83. The number of nitrogens with one attached hydrogen (secondary N) is 1. The van der Waals surface area contributed by atoms with Crippen molar-refractivity contribution in [2.45, 2.75) is 0 Å². The molecule has 0 bridgehead atoms. The molecule has 10 nitrogen and oxygen atoms in total. The lowest BCUT2D eigenvalue weighted by Crippen LogP contribution is -2.07. The minimum absolute atomic E-state index is 0.219. The fourth-order valence-corrected chi connectivity index (χ4v) is 1.28. The van der Waals surface area contributed by atoms with Crippen molar-refractivity contribution < 1.29 is 19.8 Å². The quantitative estimate of drug-likeness (QED) is 0.580. The molecule has 3 aromatic rings. The zero-order valence-electron chi connectivity index (χ0n) is 9.83. The molecular weight excluding hydrogens is 268 g/mol. The number of aromatic carboxylic acids is 1. The molecule has 0 saturated heterocycles. The van der Waals surface area contributed by atoms with Crippen LogP contribution in [0, 0.1) is 0 Å². The second-order valence-electron chi connectivity index (χ2n) is 3.48. The maximum atomic E-state index is 10.5. The summed E-state index contributed by atoms with van der Waals surface area (Å²) in [7, 11) is 0. The molecule has 0 aliphatic rings. The van der Waals surface area contributed by atoms with Crippen molar-refractivity contribution in [3.8, 4) is 0 Å². The van der Waals surface area contributed by atoms with E-state index in [1.54, 1.807) is 6.07 Å². The lowest BCUT2D eigenvalue weighted by atomic mass is 10.2. The summed E-state index contributed by atoms with van der Waals surface area (Å²) in [5.74, 6) is -0.958. The van der Waals surface area contributed by atoms with Crippen LogP contribution in [0.3, 0.4) is 0 Å². The lowest BCUT2D eigenvalue weighted by molar-refractivity contribution is 0.0697. The zero-order chi connectivity index (χ0) is 14.5. The van der Waals surface area contributed by atoms with Gasteiger partial charge in [0, 0.05) is 0 Å². The van der Waals surface area contributed by atoms with Crippen LogP contribution < -0.4 is 0 Å². The number of hydrogen-bond acceptors (Lipinski definition) is 6. The standard InChI is InChI=1S/C7H5N3O2.C3H3N3O2/c11-7(12)4-1-2-5-6(3-4)9-10-8-5;7-3(8)6-2-1-4-5-6/h1-3H,(H,11,12)(H,8,9,10);1-2H,(H,7,8). The van der Waals surface area contributed by atoms with Crippen LogP contribution in [0.5, 0.6) is 0 Å². The van der Waals surface area contributed by atoms with E-state index in [1.807, 2.05) is 0 Å². The first-order valence-corrected chi connectivity index (χ1v) is 5.21. The molecule has 102 valence electrons. The smallest absolute Gasteiger partial charge is 0.433 e. The largest absolute Gasteiger partial charge is 0.478 e. The van der Waals surface area contributed by atoms with E-state index in [0.717, 1.165) is 10.2 Å². The molecule has 3 N–H and O–H groups in total. The third-order valence-electron chi connectivity index (χ3n) is 2.19. The highest BCUT2D eigenvalue weighted by Crippen LogP contribution is 2.09. The minimum Gasteiger partial charge on any atom is -0.478 e. The van der Waals surface area contributed by atoms with Gasteiger partial charge in [-0.25, -0.2) is 9.59 Å². The van der Waals surface area contributed by atoms with Gasteiger partial charge < -0.3 is 10.2 Å². The fraction of sp³-hybridized carbons (Fsp3) is 0. The van der Waals surface area contributed by atoms with Crippen molar-refractivity contribution in [3.05, 3.63) is 36.2 Å². The average molecular weight is 276 g/mol. The van der Waals surface area contributed by atoms with Gasteiger partial charge in [-0.1, -0.05) is 10.4 Å². The highest BCUT2D eigenvalue weighted by molar-refractivity contribution is 5.91. The number of aromatic nitrogens is 6. The summed E-state index contributed by atoms with van der Waals surface area (Å²) >= 11 is 0. The number of rotatable bonds is 1. The number of H-pyrrole nitrogens is 1. The molecule has 0 spiro atoms. The molecule has 10 heteroatoms. The van der Waals surface area contributed by atoms with E-state index in [2.05, 4.69) is 25.7 Å². The van der Waals surface area contributed by atoms with Crippen molar-refractivity contribution in [1.82, 2.24) is 30.4 Å². The van der Waals surface area contributed by atoms with Crippen molar-refractivity contribution >= 4 is 23.1 Å². The first-order valence-electron chi connectivity index (χ1n) is 5.21. The number of carbonyl (C=O) groups is 2. The van der Waals surface area contributed by atoms with Gasteiger partial charge in [-0.15, -0.1) is 10.2 Å². The summed E-state index contributed by atoms with van der Waals surface area (Å²) in [6.07, 6.45) is 1.43. The van der Waals surface area contributed by atoms with Crippen LogP contribution in [-0.2, 0) is 0 Å². The van der Waals surface area contributed by atoms with Gasteiger partial charge in [-0.3, -0.25) is 5.10 Å². The number of aromatic amines is 1. The number of fused-ring (bicyclic) bond motifs is 1. The number of nitrogens with zero attached hydrogens (tertiary/aromatic N) is 5. The summed E-state index contributed by atoms with van der Waals surface area (Å²) in [6.45, 7) is 0. The Morgan fingerprint density at radius 3 is 2.60 bits per heavy atom. The van der Waals surface area contributed by atoms with Crippen molar-refractivity contribution in [2.24, 2.45) is 0 Å². The highest BCUT2D eigenvalue weighted by Gasteiger charge is 2.04. The predicted octanol–water partition coefficient (Wildman–Crippen LogP) is 0.460. The average Bonchev–Trinajstić information content (AvgIpc) is 3.10. The number of hydrogen-bond donors (Lipinski definition) is 3. The van der Waals surface area contributed by atoms with Crippen molar-refractivity contribution in [3.63, 3.8) is 0 Å². The topological polar surface area (TPSA) is 147 Å². The van der Waals surface area contributed by atoms with Crippen LogP contribution in [0.15, 0.2) is 30.6 Å². The Morgan fingerprint density at radius 1 is 1.25 bits per heavy atom. The van der Waals surface area contributed by atoms with Gasteiger partial charge in [0.2, 0.25) is 0 Å². The van der Waals surface area contributed by atoms with E-state index in [0.29, 0.717) is 5.52 Å². The SMILES string of the molecule is O=C(O)c1ccc2[nH]nnc2c1.O=C(O)n1ccnn1. The summed E-state index contributed by atoms with van der Waals surface area (Å²) in [5.41, 5.74) is 1.52. The molecule has 0 atom stereocenters. The molecule has 2 aromatic heterocycles. The lowest BCUT2D eigenvalue weighted by Gasteiger charge is -1.91. The van der Waals surface area contributed by atoms with Gasteiger partial charge in [0.25, 0.3) is 0 Å². The van der Waals surface area contributed by atoms with Gasteiger partial charge in [-0.05, 0) is 18.2 Å². The van der Waals surface area contributed by atoms with E-state index in [1.165, 1.54) is 24.5 Å². The third-order valence-corrected chi connectivity index (χ3v) is 2.19. The molecule has 0 aliphatic heterocycles. The Kier molecular flexibility index (Phi) is 3.65. The molecule has 0 radical (unpaired) electrons.